The molecule has 1 atom stereocenters. The van der Waals surface area contributed by atoms with E-state index in [1.165, 1.54) is 6.92 Å². The summed E-state index contributed by atoms with van der Waals surface area (Å²) in [6.45, 7) is 0.791. The number of aliphatic hydroxyl groups is 1. The molecule has 0 radical (unpaired) electrons. The summed E-state index contributed by atoms with van der Waals surface area (Å²) in [5, 5.41) is 21.0. The van der Waals surface area contributed by atoms with Gasteiger partial charge in [-0.1, -0.05) is 6.42 Å². The number of ether oxygens (including phenoxy) is 1. The second kappa shape index (κ2) is 3.87. The molecule has 17 heavy (non-hydrogen) atoms. The van der Waals surface area contributed by atoms with Crippen molar-refractivity contribution in [2.45, 2.75) is 50.4 Å². The number of rotatable bonds is 2. The first-order valence-electron chi connectivity index (χ1n) is 5.82. The fraction of sp³-hybridized carbons (Fsp3) is 0.818. The van der Waals surface area contributed by atoms with E-state index in [4.69, 9.17) is 4.74 Å². The maximum absolute atomic E-state index is 11.7. The number of carboxylic acid groups (broad SMARTS) is 1. The molecule has 1 unspecified atom stereocenters. The highest BCUT2D eigenvalue weighted by Crippen LogP contribution is 2.46. The minimum atomic E-state index is -1.58. The second-order valence-electron chi connectivity index (χ2n) is 4.90. The highest BCUT2D eigenvalue weighted by atomic mass is 16.6. The zero-order valence-electron chi connectivity index (χ0n) is 9.77. The molecule has 0 aromatic rings. The van der Waals surface area contributed by atoms with Gasteiger partial charge >= 0.3 is 6.09 Å². The summed E-state index contributed by atoms with van der Waals surface area (Å²) in [5.41, 5.74) is -2.54. The first kappa shape index (κ1) is 12.2. The largest absolute Gasteiger partial charge is 0.548 e. The Morgan fingerprint density at radius 3 is 2.59 bits per heavy atom. The van der Waals surface area contributed by atoms with Gasteiger partial charge in [0.25, 0.3) is 0 Å². The third-order valence-corrected chi connectivity index (χ3v) is 3.84. The average molecular weight is 242 g/mol. The zero-order valence-corrected chi connectivity index (χ0v) is 9.77. The molecular weight excluding hydrogens is 226 g/mol. The van der Waals surface area contributed by atoms with Crippen LogP contribution in [-0.4, -0.2) is 39.9 Å². The highest BCUT2D eigenvalue weighted by molar-refractivity contribution is 5.78. The molecule has 2 rings (SSSR count). The van der Waals surface area contributed by atoms with Crippen LogP contribution < -0.4 is 5.11 Å². The Labute approximate surface area is 99.2 Å². The van der Waals surface area contributed by atoms with Gasteiger partial charge in [-0.25, -0.2) is 4.79 Å². The Morgan fingerprint density at radius 2 is 2.06 bits per heavy atom. The lowest BCUT2D eigenvalue weighted by molar-refractivity contribution is -0.308. The quantitative estimate of drug-likeness (QED) is 0.711. The fourth-order valence-electron chi connectivity index (χ4n) is 2.79. The molecule has 6 nitrogen and oxygen atoms in total. The lowest BCUT2D eigenvalue weighted by atomic mass is 9.77. The van der Waals surface area contributed by atoms with E-state index >= 15 is 0 Å². The molecule has 1 amide bonds. The Morgan fingerprint density at radius 1 is 1.47 bits per heavy atom. The van der Waals surface area contributed by atoms with Gasteiger partial charge in [0, 0.05) is 0 Å². The van der Waals surface area contributed by atoms with Crippen LogP contribution in [0.3, 0.4) is 0 Å². The summed E-state index contributed by atoms with van der Waals surface area (Å²) in [6, 6.07) is 0. The smallest absolute Gasteiger partial charge is 0.413 e. The van der Waals surface area contributed by atoms with Crippen LogP contribution in [-0.2, 0) is 9.53 Å². The second-order valence-corrected chi connectivity index (χ2v) is 4.90. The molecule has 1 saturated carbocycles. The first-order chi connectivity index (χ1) is 7.89. The van der Waals surface area contributed by atoms with Crippen LogP contribution in [0.25, 0.3) is 0 Å². The molecule has 1 aliphatic heterocycles. The van der Waals surface area contributed by atoms with Crippen molar-refractivity contribution in [2.75, 3.05) is 6.54 Å². The van der Waals surface area contributed by atoms with Gasteiger partial charge in [-0.15, -0.1) is 0 Å². The molecule has 0 aromatic carbocycles. The normalized spacial score (nSPS) is 31.6. The topological polar surface area (TPSA) is 89.9 Å². The molecule has 1 N–H and O–H groups in total. The van der Waals surface area contributed by atoms with Crippen molar-refractivity contribution in [1.29, 1.82) is 0 Å². The summed E-state index contributed by atoms with van der Waals surface area (Å²) in [4.78, 5) is 23.1. The Hall–Kier alpha value is -1.30. The maximum atomic E-state index is 11.7. The molecule has 1 heterocycles. The predicted molar refractivity (Wildman–Crippen MR) is 54.6 cm³/mol. The molecule has 2 aliphatic rings. The summed E-state index contributed by atoms with van der Waals surface area (Å²) < 4.78 is 5.26. The molecule has 0 aromatic heterocycles. The van der Waals surface area contributed by atoms with Crippen LogP contribution in [0, 0.1) is 0 Å². The third-order valence-electron chi connectivity index (χ3n) is 3.84. The average Bonchev–Trinajstić information content (AvgIpc) is 2.41. The number of carbonyl (C=O) groups excluding carboxylic acids is 2. The van der Waals surface area contributed by atoms with Crippen molar-refractivity contribution < 1.29 is 24.5 Å². The van der Waals surface area contributed by atoms with Crippen molar-refractivity contribution >= 4 is 12.1 Å². The monoisotopic (exact) mass is 242 g/mol. The van der Waals surface area contributed by atoms with Gasteiger partial charge in [0.1, 0.15) is 0 Å². The molecule has 1 spiro atoms. The van der Waals surface area contributed by atoms with Crippen molar-refractivity contribution in [2.24, 2.45) is 0 Å². The standard InChI is InChI=1S/C11H17NO5/c1-10(16)11(5-3-2-4-6-11)17-9(15)12(10)7-8(13)14/h16H,2-7H2,1H3,(H,13,14)/p-1. The van der Waals surface area contributed by atoms with Gasteiger partial charge in [-0.3, -0.25) is 4.90 Å². The number of aliphatic carboxylic acids is 1. The molecule has 96 valence electrons. The van der Waals surface area contributed by atoms with E-state index in [1.807, 2.05) is 0 Å². The molecule has 0 bridgehead atoms. The van der Waals surface area contributed by atoms with E-state index < -0.39 is 29.9 Å². The molecule has 6 heteroatoms. The Bertz CT molecular complexity index is 346. The van der Waals surface area contributed by atoms with E-state index in [9.17, 15) is 19.8 Å². The number of amides is 1. The van der Waals surface area contributed by atoms with Crippen LogP contribution in [0.4, 0.5) is 4.79 Å². The van der Waals surface area contributed by atoms with Crippen LogP contribution in [0.1, 0.15) is 39.0 Å². The van der Waals surface area contributed by atoms with Gasteiger partial charge in [0.05, 0.1) is 12.5 Å². The van der Waals surface area contributed by atoms with Gasteiger partial charge in [0.15, 0.2) is 11.3 Å². The van der Waals surface area contributed by atoms with Crippen LogP contribution >= 0.6 is 0 Å². The lowest BCUT2D eigenvalue weighted by Gasteiger charge is -2.42. The van der Waals surface area contributed by atoms with E-state index in [0.29, 0.717) is 12.8 Å². The van der Waals surface area contributed by atoms with Crippen LogP contribution in [0.2, 0.25) is 0 Å². The summed E-state index contributed by atoms with van der Waals surface area (Å²) in [7, 11) is 0. The van der Waals surface area contributed by atoms with E-state index in [2.05, 4.69) is 0 Å². The van der Waals surface area contributed by atoms with E-state index in [-0.39, 0.29) is 0 Å². The summed E-state index contributed by atoms with van der Waals surface area (Å²) >= 11 is 0. The number of nitrogens with zero attached hydrogens (tertiary/aromatic N) is 1. The van der Waals surface area contributed by atoms with Gasteiger partial charge < -0.3 is 19.7 Å². The third kappa shape index (κ3) is 1.76. The summed E-state index contributed by atoms with van der Waals surface area (Å²) in [5.74, 6) is -1.41. The number of hydrogen-bond donors (Lipinski definition) is 1. The van der Waals surface area contributed by atoms with Gasteiger partial charge in [-0.2, -0.15) is 0 Å². The Kier molecular flexibility index (Phi) is 2.77. The molecule has 2 fully saturated rings. The minimum Gasteiger partial charge on any atom is -0.548 e. The SMILES string of the molecule is CC1(O)N(CC(=O)[O-])C(=O)OC12CCCCC2. The molecule has 1 saturated heterocycles. The van der Waals surface area contributed by atoms with Crippen molar-refractivity contribution in [3.05, 3.63) is 0 Å². The van der Waals surface area contributed by atoms with Crippen molar-refractivity contribution in [1.82, 2.24) is 4.90 Å². The lowest BCUT2D eigenvalue weighted by Crippen LogP contribution is -2.59. The van der Waals surface area contributed by atoms with Crippen LogP contribution in [0.5, 0.6) is 0 Å². The number of carbonyl (C=O) groups is 2. The minimum absolute atomic E-state index is 0.565. The predicted octanol–water partition coefficient (Wildman–Crippen LogP) is -0.400. The molecule has 1 aliphatic carbocycles. The van der Waals surface area contributed by atoms with Gasteiger partial charge in [0.2, 0.25) is 0 Å². The number of hydrogen-bond acceptors (Lipinski definition) is 5. The molecular formula is C11H16NO5-. The van der Waals surface area contributed by atoms with Gasteiger partial charge in [-0.05, 0) is 32.6 Å². The van der Waals surface area contributed by atoms with Crippen molar-refractivity contribution in [3.8, 4) is 0 Å². The van der Waals surface area contributed by atoms with E-state index in [0.717, 1.165) is 24.2 Å². The van der Waals surface area contributed by atoms with E-state index in [1.54, 1.807) is 0 Å². The Balaban J connectivity index is 2.27. The zero-order chi connectivity index (χ0) is 12.7. The highest BCUT2D eigenvalue weighted by Gasteiger charge is 2.61. The maximum Gasteiger partial charge on any atom is 0.413 e. The first-order valence-corrected chi connectivity index (χ1v) is 5.82. The summed E-state index contributed by atoms with van der Waals surface area (Å²) in [6.07, 6.45) is 3.12. The fourth-order valence-corrected chi connectivity index (χ4v) is 2.79. The number of carboxylic acids is 1. The van der Waals surface area contributed by atoms with Crippen molar-refractivity contribution in [3.63, 3.8) is 0 Å². The van der Waals surface area contributed by atoms with Crippen LogP contribution in [0.15, 0.2) is 0 Å².